The summed E-state index contributed by atoms with van der Waals surface area (Å²) in [5.41, 5.74) is 2.34. The molecule has 1 saturated carbocycles. The smallest absolute Gasteiger partial charge is 0.308 e. The summed E-state index contributed by atoms with van der Waals surface area (Å²) in [6.07, 6.45) is 5.65. The van der Waals surface area contributed by atoms with Crippen molar-refractivity contribution in [1.29, 1.82) is 0 Å². The fourth-order valence-corrected chi connectivity index (χ4v) is 5.12. The number of aliphatic carboxylic acids is 1. The minimum absolute atomic E-state index is 0.310. The molecule has 31 heavy (non-hydrogen) atoms. The summed E-state index contributed by atoms with van der Waals surface area (Å²) in [5, 5.41) is 12.2. The molecule has 0 spiro atoms. The highest BCUT2D eigenvalue weighted by Gasteiger charge is 2.30. The Kier molecular flexibility index (Phi) is 7.63. The molecular formula is C25H36N2O3S. The molecule has 1 atom stereocenters. The second kappa shape index (κ2) is 10.0. The van der Waals surface area contributed by atoms with E-state index < -0.39 is 5.97 Å². The third kappa shape index (κ3) is 6.22. The van der Waals surface area contributed by atoms with Gasteiger partial charge in [0.05, 0.1) is 17.7 Å². The normalized spacial score (nSPS) is 20.3. The standard InChI is InChI=1S/C25H36N2O3S/c1-6-17(23(28)29)15-27(5)24-26-22(16-31-24)18-7-11-20(12-8-18)30-21-13-9-19(10-14-21)25(2,3)4/h7-8,11-12,16-17,19,21H,6,9-10,13-15H2,1-5H3,(H,28,29). The van der Waals surface area contributed by atoms with Gasteiger partial charge in [-0.1, -0.05) is 27.7 Å². The van der Waals surface area contributed by atoms with Crippen LogP contribution in [0.5, 0.6) is 5.75 Å². The first-order valence-corrected chi connectivity index (χ1v) is 12.2. The molecule has 1 aliphatic carbocycles. The molecule has 1 aromatic carbocycles. The minimum atomic E-state index is -0.756. The van der Waals surface area contributed by atoms with E-state index in [2.05, 4.69) is 32.9 Å². The summed E-state index contributed by atoms with van der Waals surface area (Å²) in [6, 6.07) is 8.18. The SMILES string of the molecule is CCC(CN(C)c1nc(-c2ccc(OC3CCC(C(C)(C)C)CC3)cc2)cs1)C(=O)O. The maximum absolute atomic E-state index is 11.3. The number of benzene rings is 1. The highest BCUT2D eigenvalue weighted by Crippen LogP contribution is 2.39. The highest BCUT2D eigenvalue weighted by atomic mass is 32.1. The number of thiazole rings is 1. The summed E-state index contributed by atoms with van der Waals surface area (Å²) >= 11 is 1.54. The minimum Gasteiger partial charge on any atom is -0.490 e. The summed E-state index contributed by atoms with van der Waals surface area (Å²) in [6.45, 7) is 9.39. The van der Waals surface area contributed by atoms with E-state index in [0.717, 1.165) is 40.9 Å². The number of hydrogen-bond acceptors (Lipinski definition) is 5. The van der Waals surface area contributed by atoms with Gasteiger partial charge in [-0.25, -0.2) is 4.98 Å². The van der Waals surface area contributed by atoms with E-state index in [0.29, 0.717) is 24.5 Å². The number of carboxylic acids is 1. The van der Waals surface area contributed by atoms with Crippen LogP contribution in [0.2, 0.25) is 0 Å². The molecule has 0 amide bonds. The van der Waals surface area contributed by atoms with E-state index in [4.69, 9.17) is 9.72 Å². The van der Waals surface area contributed by atoms with Gasteiger partial charge in [0, 0.05) is 24.5 Å². The molecule has 170 valence electrons. The second-order valence-corrected chi connectivity index (χ2v) is 10.7. The number of ether oxygens (including phenoxy) is 1. The Bertz CT molecular complexity index is 848. The van der Waals surface area contributed by atoms with Crippen LogP contribution in [0.25, 0.3) is 11.3 Å². The van der Waals surface area contributed by atoms with Crippen molar-refractivity contribution in [1.82, 2.24) is 4.98 Å². The van der Waals surface area contributed by atoms with Gasteiger partial charge in [0.15, 0.2) is 5.13 Å². The van der Waals surface area contributed by atoms with Crippen LogP contribution in [0.15, 0.2) is 29.6 Å². The quantitative estimate of drug-likeness (QED) is 0.515. The zero-order valence-corrected chi connectivity index (χ0v) is 20.2. The van der Waals surface area contributed by atoms with Crippen LogP contribution in [-0.4, -0.2) is 35.8 Å². The Labute approximate surface area is 190 Å². The van der Waals surface area contributed by atoms with Crippen molar-refractivity contribution in [2.45, 2.75) is 65.9 Å². The van der Waals surface area contributed by atoms with Crippen molar-refractivity contribution in [3.63, 3.8) is 0 Å². The van der Waals surface area contributed by atoms with Crippen molar-refractivity contribution >= 4 is 22.4 Å². The summed E-state index contributed by atoms with van der Waals surface area (Å²) in [5.74, 6) is 0.568. The molecule has 0 saturated heterocycles. The maximum Gasteiger partial charge on any atom is 0.308 e. The number of aromatic nitrogens is 1. The first-order chi connectivity index (χ1) is 14.7. The van der Waals surface area contributed by atoms with Gasteiger partial charge in [-0.3, -0.25) is 4.79 Å². The Balaban J connectivity index is 1.57. The fraction of sp³-hybridized carbons (Fsp3) is 0.600. The molecule has 0 radical (unpaired) electrons. The van der Waals surface area contributed by atoms with E-state index in [1.807, 2.05) is 36.4 Å². The molecule has 6 heteroatoms. The Morgan fingerprint density at radius 3 is 2.42 bits per heavy atom. The average molecular weight is 445 g/mol. The van der Waals surface area contributed by atoms with Crippen LogP contribution < -0.4 is 9.64 Å². The molecule has 1 aliphatic rings. The van der Waals surface area contributed by atoms with Crippen LogP contribution in [0, 0.1) is 17.3 Å². The first kappa shape index (κ1) is 23.6. The average Bonchev–Trinajstić information content (AvgIpc) is 3.22. The van der Waals surface area contributed by atoms with Gasteiger partial charge in [-0.15, -0.1) is 11.3 Å². The van der Waals surface area contributed by atoms with Crippen molar-refractivity contribution in [3.8, 4) is 17.0 Å². The zero-order valence-electron chi connectivity index (χ0n) is 19.4. The van der Waals surface area contributed by atoms with Gasteiger partial charge in [-0.2, -0.15) is 0 Å². The fourth-order valence-electron chi connectivity index (χ4n) is 4.31. The van der Waals surface area contributed by atoms with Crippen molar-refractivity contribution < 1.29 is 14.6 Å². The molecule has 1 heterocycles. The topological polar surface area (TPSA) is 62.7 Å². The van der Waals surface area contributed by atoms with Crippen molar-refractivity contribution in [3.05, 3.63) is 29.6 Å². The molecule has 1 fully saturated rings. The number of anilines is 1. The molecule has 0 bridgehead atoms. The van der Waals surface area contributed by atoms with Crippen molar-refractivity contribution in [2.75, 3.05) is 18.5 Å². The van der Waals surface area contributed by atoms with E-state index in [1.54, 1.807) is 11.3 Å². The van der Waals surface area contributed by atoms with Crippen LogP contribution >= 0.6 is 11.3 Å². The van der Waals surface area contributed by atoms with Gasteiger partial charge in [0.1, 0.15) is 5.75 Å². The molecule has 3 rings (SSSR count). The number of carboxylic acid groups (broad SMARTS) is 1. The van der Waals surface area contributed by atoms with Crippen LogP contribution in [0.4, 0.5) is 5.13 Å². The zero-order chi connectivity index (χ0) is 22.6. The third-order valence-electron chi connectivity index (χ3n) is 6.51. The van der Waals surface area contributed by atoms with Crippen LogP contribution in [-0.2, 0) is 4.79 Å². The predicted octanol–water partition coefficient (Wildman–Crippen LogP) is 6.34. The predicted molar refractivity (Wildman–Crippen MR) is 128 cm³/mol. The lowest BCUT2D eigenvalue weighted by Crippen LogP contribution is -2.30. The second-order valence-electron chi connectivity index (χ2n) is 9.82. The van der Waals surface area contributed by atoms with Gasteiger partial charge in [-0.05, 0) is 67.7 Å². The highest BCUT2D eigenvalue weighted by molar-refractivity contribution is 7.14. The summed E-state index contributed by atoms with van der Waals surface area (Å²) in [7, 11) is 1.90. The molecule has 1 unspecified atom stereocenters. The summed E-state index contributed by atoms with van der Waals surface area (Å²) in [4.78, 5) is 17.9. The van der Waals surface area contributed by atoms with Gasteiger partial charge >= 0.3 is 5.97 Å². The molecule has 5 nitrogen and oxygen atoms in total. The number of nitrogens with zero attached hydrogens (tertiary/aromatic N) is 2. The lowest BCUT2D eigenvalue weighted by molar-refractivity contribution is -0.141. The van der Waals surface area contributed by atoms with E-state index >= 15 is 0 Å². The van der Waals surface area contributed by atoms with E-state index in [9.17, 15) is 9.90 Å². The van der Waals surface area contributed by atoms with Crippen LogP contribution in [0.3, 0.4) is 0 Å². The summed E-state index contributed by atoms with van der Waals surface area (Å²) < 4.78 is 6.25. The third-order valence-corrected chi connectivity index (χ3v) is 7.46. The lowest BCUT2D eigenvalue weighted by atomic mass is 9.72. The van der Waals surface area contributed by atoms with E-state index in [-0.39, 0.29) is 5.92 Å². The van der Waals surface area contributed by atoms with Crippen molar-refractivity contribution in [2.24, 2.45) is 17.3 Å². The van der Waals surface area contributed by atoms with Gasteiger partial charge in [0.25, 0.3) is 0 Å². The maximum atomic E-state index is 11.3. The lowest BCUT2D eigenvalue weighted by Gasteiger charge is -2.36. The Morgan fingerprint density at radius 2 is 1.87 bits per heavy atom. The Morgan fingerprint density at radius 1 is 1.23 bits per heavy atom. The van der Waals surface area contributed by atoms with Gasteiger partial charge < -0.3 is 14.7 Å². The molecule has 2 aromatic rings. The van der Waals surface area contributed by atoms with E-state index in [1.165, 1.54) is 12.8 Å². The Hall–Kier alpha value is -2.08. The number of carbonyl (C=O) groups is 1. The molecule has 0 aliphatic heterocycles. The first-order valence-electron chi connectivity index (χ1n) is 11.3. The van der Waals surface area contributed by atoms with Crippen LogP contribution in [0.1, 0.15) is 59.8 Å². The number of rotatable bonds is 8. The number of hydrogen-bond donors (Lipinski definition) is 1. The van der Waals surface area contributed by atoms with Gasteiger partial charge in [0.2, 0.25) is 0 Å². The monoisotopic (exact) mass is 444 g/mol. The molecule has 1 N–H and O–H groups in total. The molecular weight excluding hydrogens is 408 g/mol. The largest absolute Gasteiger partial charge is 0.490 e. The molecule has 1 aromatic heterocycles.